The fourth-order valence-corrected chi connectivity index (χ4v) is 3.21. The van der Waals surface area contributed by atoms with E-state index in [0.29, 0.717) is 6.54 Å². The van der Waals surface area contributed by atoms with Gasteiger partial charge in [-0.1, -0.05) is 55.5 Å². The molecule has 0 saturated carbocycles. The summed E-state index contributed by atoms with van der Waals surface area (Å²) in [5, 5.41) is 2.75. The average Bonchev–Trinajstić information content (AvgIpc) is 2.61. The molecule has 0 radical (unpaired) electrons. The zero-order chi connectivity index (χ0) is 19.2. The summed E-state index contributed by atoms with van der Waals surface area (Å²) >= 11 is 0. The maximum Gasteiger partial charge on any atom is 0.235 e. The van der Waals surface area contributed by atoms with E-state index in [1.807, 2.05) is 37.3 Å². The van der Waals surface area contributed by atoms with E-state index in [9.17, 15) is 17.6 Å². The van der Waals surface area contributed by atoms with Crippen molar-refractivity contribution in [2.75, 3.05) is 19.3 Å². The molecule has 2 aromatic rings. The number of amides is 1. The van der Waals surface area contributed by atoms with Crippen LogP contribution in [0.4, 0.5) is 4.39 Å². The van der Waals surface area contributed by atoms with Crippen LogP contribution in [0.1, 0.15) is 24.0 Å². The summed E-state index contributed by atoms with van der Waals surface area (Å²) in [5.41, 5.74) is 1.31. The summed E-state index contributed by atoms with van der Waals surface area (Å²) in [7, 11) is -3.66. The van der Waals surface area contributed by atoms with Crippen molar-refractivity contribution in [2.45, 2.75) is 19.4 Å². The summed E-state index contributed by atoms with van der Waals surface area (Å²) in [5.74, 6) is -0.827. The second-order valence-corrected chi connectivity index (χ2v) is 8.22. The second-order valence-electron chi connectivity index (χ2n) is 6.24. The van der Waals surface area contributed by atoms with Crippen molar-refractivity contribution in [3.8, 4) is 0 Å². The number of carbonyl (C=O) groups excluding carboxylic acids is 1. The number of benzene rings is 2. The standard InChI is InChI=1S/C19H23FN2O3S/c1-15(16-8-4-3-5-9-16)12-21-19(23)14-22(26(2,24)25)13-17-10-6-7-11-18(17)20/h3-11,15H,12-14H2,1-2H3,(H,21,23). The summed E-state index contributed by atoms with van der Waals surface area (Å²) in [4.78, 5) is 12.2. The lowest BCUT2D eigenvalue weighted by Crippen LogP contribution is -2.40. The second kappa shape index (κ2) is 8.91. The van der Waals surface area contributed by atoms with Gasteiger partial charge in [0, 0.05) is 18.7 Å². The molecule has 0 aromatic heterocycles. The summed E-state index contributed by atoms with van der Waals surface area (Å²) in [6.07, 6.45) is 1.01. The molecule has 0 heterocycles. The van der Waals surface area contributed by atoms with Crippen LogP contribution >= 0.6 is 0 Å². The van der Waals surface area contributed by atoms with Gasteiger partial charge in [0.25, 0.3) is 0 Å². The number of carbonyl (C=O) groups is 1. The molecule has 1 unspecified atom stereocenters. The Labute approximate surface area is 153 Å². The first kappa shape index (κ1) is 20.1. The molecule has 7 heteroatoms. The minimum Gasteiger partial charge on any atom is -0.354 e. The third-order valence-electron chi connectivity index (χ3n) is 4.07. The van der Waals surface area contributed by atoms with Gasteiger partial charge in [0.15, 0.2) is 0 Å². The maximum atomic E-state index is 13.8. The first-order valence-corrected chi connectivity index (χ1v) is 10.1. The van der Waals surface area contributed by atoms with Gasteiger partial charge in [-0.15, -0.1) is 0 Å². The van der Waals surface area contributed by atoms with Crippen molar-refractivity contribution in [1.82, 2.24) is 9.62 Å². The molecule has 1 atom stereocenters. The van der Waals surface area contributed by atoms with Crippen LogP contribution in [0, 0.1) is 5.82 Å². The largest absolute Gasteiger partial charge is 0.354 e. The Morgan fingerprint density at radius 2 is 1.73 bits per heavy atom. The number of hydrogen-bond donors (Lipinski definition) is 1. The van der Waals surface area contributed by atoms with Crippen molar-refractivity contribution in [3.05, 3.63) is 71.5 Å². The van der Waals surface area contributed by atoms with Crippen LogP contribution in [0.2, 0.25) is 0 Å². The van der Waals surface area contributed by atoms with Crippen LogP contribution in [-0.4, -0.2) is 38.0 Å². The predicted molar refractivity (Wildman–Crippen MR) is 99.5 cm³/mol. The van der Waals surface area contributed by atoms with E-state index in [4.69, 9.17) is 0 Å². The van der Waals surface area contributed by atoms with Crippen molar-refractivity contribution in [3.63, 3.8) is 0 Å². The Hall–Kier alpha value is -2.25. The van der Waals surface area contributed by atoms with Gasteiger partial charge in [-0.3, -0.25) is 4.79 Å². The average molecular weight is 378 g/mol. The third kappa shape index (κ3) is 5.93. The Morgan fingerprint density at radius 1 is 1.12 bits per heavy atom. The molecule has 0 aliphatic heterocycles. The lowest BCUT2D eigenvalue weighted by molar-refractivity contribution is -0.121. The molecular formula is C19H23FN2O3S. The van der Waals surface area contributed by atoms with Crippen LogP contribution < -0.4 is 5.32 Å². The number of nitrogens with zero attached hydrogens (tertiary/aromatic N) is 1. The lowest BCUT2D eigenvalue weighted by atomic mass is 10.0. The predicted octanol–water partition coefficient (Wildman–Crippen LogP) is 2.51. The molecule has 1 amide bonds. The van der Waals surface area contributed by atoms with Gasteiger partial charge in [0.2, 0.25) is 15.9 Å². The molecule has 0 spiro atoms. The SMILES string of the molecule is CC(CNC(=O)CN(Cc1ccccc1F)S(C)(=O)=O)c1ccccc1. The van der Waals surface area contributed by atoms with E-state index in [1.54, 1.807) is 6.07 Å². The monoisotopic (exact) mass is 378 g/mol. The molecule has 0 bridgehead atoms. The molecule has 1 N–H and O–H groups in total. The fraction of sp³-hybridized carbons (Fsp3) is 0.316. The molecule has 0 saturated heterocycles. The summed E-state index contributed by atoms with van der Waals surface area (Å²) < 4.78 is 38.7. The fourth-order valence-electron chi connectivity index (χ4n) is 2.49. The number of halogens is 1. The van der Waals surface area contributed by atoms with Crippen LogP contribution in [0.5, 0.6) is 0 Å². The first-order valence-electron chi connectivity index (χ1n) is 8.27. The number of sulfonamides is 1. The van der Waals surface area contributed by atoms with Gasteiger partial charge in [-0.05, 0) is 17.5 Å². The topological polar surface area (TPSA) is 66.5 Å². The quantitative estimate of drug-likeness (QED) is 0.768. The molecule has 26 heavy (non-hydrogen) atoms. The Kier molecular flexibility index (Phi) is 6.88. The van der Waals surface area contributed by atoms with Crippen LogP contribution in [0.25, 0.3) is 0 Å². The van der Waals surface area contributed by atoms with E-state index in [1.165, 1.54) is 18.2 Å². The number of rotatable bonds is 8. The Bertz CT molecular complexity index is 841. The molecule has 5 nitrogen and oxygen atoms in total. The van der Waals surface area contributed by atoms with Crippen LogP contribution in [-0.2, 0) is 21.4 Å². The van der Waals surface area contributed by atoms with E-state index < -0.39 is 21.7 Å². The van der Waals surface area contributed by atoms with Gasteiger partial charge < -0.3 is 5.32 Å². The highest BCUT2D eigenvalue weighted by molar-refractivity contribution is 7.88. The molecule has 0 aliphatic rings. The van der Waals surface area contributed by atoms with Gasteiger partial charge in [-0.25, -0.2) is 12.8 Å². The zero-order valence-electron chi connectivity index (χ0n) is 14.9. The molecule has 140 valence electrons. The Balaban J connectivity index is 1.98. The molecule has 0 aliphatic carbocycles. The third-order valence-corrected chi connectivity index (χ3v) is 5.26. The van der Waals surface area contributed by atoms with Crippen LogP contribution in [0.3, 0.4) is 0 Å². The van der Waals surface area contributed by atoms with Gasteiger partial charge >= 0.3 is 0 Å². The number of hydrogen-bond acceptors (Lipinski definition) is 3. The summed E-state index contributed by atoms with van der Waals surface area (Å²) in [6.45, 7) is 1.82. The molecule has 0 fully saturated rings. The van der Waals surface area contributed by atoms with E-state index in [-0.39, 0.29) is 24.6 Å². The van der Waals surface area contributed by atoms with Crippen molar-refractivity contribution < 1.29 is 17.6 Å². The van der Waals surface area contributed by atoms with Gasteiger partial charge in [0.1, 0.15) is 5.82 Å². The van der Waals surface area contributed by atoms with Crippen molar-refractivity contribution in [1.29, 1.82) is 0 Å². The van der Waals surface area contributed by atoms with Crippen molar-refractivity contribution in [2.24, 2.45) is 0 Å². The van der Waals surface area contributed by atoms with Gasteiger partial charge in [0.05, 0.1) is 12.8 Å². The maximum absolute atomic E-state index is 13.8. The summed E-state index contributed by atoms with van der Waals surface area (Å²) in [6, 6.07) is 15.6. The minimum atomic E-state index is -3.66. The van der Waals surface area contributed by atoms with E-state index in [0.717, 1.165) is 16.1 Å². The molecular weight excluding hydrogens is 355 g/mol. The highest BCUT2D eigenvalue weighted by Gasteiger charge is 2.22. The normalized spacial score (nSPS) is 12.8. The van der Waals surface area contributed by atoms with E-state index in [2.05, 4.69) is 5.32 Å². The van der Waals surface area contributed by atoms with Gasteiger partial charge in [-0.2, -0.15) is 4.31 Å². The Morgan fingerprint density at radius 3 is 2.35 bits per heavy atom. The lowest BCUT2D eigenvalue weighted by Gasteiger charge is -2.20. The molecule has 2 rings (SSSR count). The molecule has 2 aromatic carbocycles. The smallest absolute Gasteiger partial charge is 0.235 e. The van der Waals surface area contributed by atoms with Crippen LogP contribution in [0.15, 0.2) is 54.6 Å². The highest BCUT2D eigenvalue weighted by atomic mass is 32.2. The zero-order valence-corrected chi connectivity index (χ0v) is 15.7. The van der Waals surface area contributed by atoms with Crippen molar-refractivity contribution >= 4 is 15.9 Å². The number of nitrogens with one attached hydrogen (secondary N) is 1. The first-order chi connectivity index (χ1) is 12.3. The van der Waals surface area contributed by atoms with E-state index >= 15 is 0 Å². The highest BCUT2D eigenvalue weighted by Crippen LogP contribution is 2.14. The minimum absolute atomic E-state index is 0.0957.